The van der Waals surface area contributed by atoms with Crippen molar-refractivity contribution in [3.63, 3.8) is 0 Å². The van der Waals surface area contributed by atoms with Gasteiger partial charge in [0.05, 0.1) is 7.11 Å². The lowest BCUT2D eigenvalue weighted by Gasteiger charge is -2.30. The zero-order valence-corrected chi connectivity index (χ0v) is 14.9. The van der Waals surface area contributed by atoms with E-state index in [4.69, 9.17) is 4.74 Å². The number of aryl methyl sites for hydroxylation is 1. The lowest BCUT2D eigenvalue weighted by molar-refractivity contribution is 0.410. The fourth-order valence-electron chi connectivity index (χ4n) is 3.40. The average Bonchev–Trinajstić information content (AvgIpc) is 2.72. The summed E-state index contributed by atoms with van der Waals surface area (Å²) in [5, 5.41) is 3.38. The molecule has 1 aliphatic rings. The highest BCUT2D eigenvalue weighted by atomic mass is 16.5. The number of benzene rings is 2. The Morgan fingerprint density at radius 1 is 1.08 bits per heavy atom. The van der Waals surface area contributed by atoms with Crippen LogP contribution in [0.5, 0.6) is 5.75 Å². The molecular formula is C21H22N4O. The van der Waals surface area contributed by atoms with E-state index in [1.54, 1.807) is 13.4 Å². The summed E-state index contributed by atoms with van der Waals surface area (Å²) >= 11 is 0. The predicted molar refractivity (Wildman–Crippen MR) is 104 cm³/mol. The van der Waals surface area contributed by atoms with Crippen molar-refractivity contribution in [1.82, 2.24) is 9.97 Å². The molecule has 0 bridgehead atoms. The Kier molecular flexibility index (Phi) is 4.69. The van der Waals surface area contributed by atoms with Crippen molar-refractivity contribution in [2.75, 3.05) is 23.9 Å². The molecule has 0 amide bonds. The average molecular weight is 346 g/mol. The quantitative estimate of drug-likeness (QED) is 0.751. The molecule has 0 atom stereocenters. The van der Waals surface area contributed by atoms with Crippen LogP contribution in [0, 0.1) is 0 Å². The topological polar surface area (TPSA) is 50.3 Å². The molecule has 0 radical (unpaired) electrons. The number of rotatable bonds is 5. The van der Waals surface area contributed by atoms with Crippen molar-refractivity contribution in [1.29, 1.82) is 0 Å². The van der Waals surface area contributed by atoms with Gasteiger partial charge in [0.25, 0.3) is 0 Å². The van der Waals surface area contributed by atoms with E-state index < -0.39 is 0 Å². The Morgan fingerprint density at radius 3 is 2.85 bits per heavy atom. The molecule has 5 nitrogen and oxygen atoms in total. The summed E-state index contributed by atoms with van der Waals surface area (Å²) in [5.74, 6) is 2.61. The van der Waals surface area contributed by atoms with Gasteiger partial charge < -0.3 is 15.0 Å². The molecule has 0 spiro atoms. The highest BCUT2D eigenvalue weighted by Crippen LogP contribution is 2.32. The molecule has 0 unspecified atom stereocenters. The Bertz CT molecular complexity index is 896. The zero-order valence-electron chi connectivity index (χ0n) is 14.9. The molecule has 4 rings (SSSR count). The molecule has 1 aliphatic heterocycles. The Labute approximate surface area is 153 Å². The van der Waals surface area contributed by atoms with Gasteiger partial charge in [-0.05, 0) is 30.5 Å². The maximum Gasteiger partial charge on any atom is 0.138 e. The maximum absolute atomic E-state index is 5.41. The van der Waals surface area contributed by atoms with E-state index in [0.717, 1.165) is 42.3 Å². The number of hydrogen-bond donors (Lipinski definition) is 1. The van der Waals surface area contributed by atoms with Crippen LogP contribution in [0.3, 0.4) is 0 Å². The molecule has 2 aromatic carbocycles. The monoisotopic (exact) mass is 346 g/mol. The number of hydrogen-bond acceptors (Lipinski definition) is 5. The van der Waals surface area contributed by atoms with E-state index >= 15 is 0 Å². The second-order valence-electron chi connectivity index (χ2n) is 6.31. The highest BCUT2D eigenvalue weighted by molar-refractivity contribution is 5.66. The van der Waals surface area contributed by atoms with Crippen molar-refractivity contribution in [3.8, 4) is 5.75 Å². The van der Waals surface area contributed by atoms with E-state index in [0.29, 0.717) is 6.54 Å². The van der Waals surface area contributed by atoms with Crippen LogP contribution in [0.4, 0.5) is 17.3 Å². The zero-order chi connectivity index (χ0) is 17.8. The SMILES string of the molecule is COc1ccccc1CNc1cc(N2CCCc3ccccc32)ncn1. The molecule has 26 heavy (non-hydrogen) atoms. The van der Waals surface area contributed by atoms with Gasteiger partial charge in [0.15, 0.2) is 0 Å². The van der Waals surface area contributed by atoms with E-state index in [2.05, 4.69) is 50.5 Å². The Hall–Kier alpha value is -3.08. The van der Waals surface area contributed by atoms with Gasteiger partial charge in [-0.3, -0.25) is 0 Å². The van der Waals surface area contributed by atoms with Crippen LogP contribution in [-0.4, -0.2) is 23.6 Å². The molecule has 5 heteroatoms. The van der Waals surface area contributed by atoms with Crippen LogP contribution < -0.4 is 15.0 Å². The molecule has 2 heterocycles. The summed E-state index contributed by atoms with van der Waals surface area (Å²) in [6, 6.07) is 18.6. The van der Waals surface area contributed by atoms with Crippen LogP contribution in [-0.2, 0) is 13.0 Å². The smallest absolute Gasteiger partial charge is 0.138 e. The molecule has 1 aromatic heterocycles. The number of methoxy groups -OCH3 is 1. The third-order valence-electron chi connectivity index (χ3n) is 4.69. The van der Waals surface area contributed by atoms with Gasteiger partial charge in [0.1, 0.15) is 23.7 Å². The second kappa shape index (κ2) is 7.44. The Balaban J connectivity index is 1.54. The summed E-state index contributed by atoms with van der Waals surface area (Å²) in [6.45, 7) is 1.62. The summed E-state index contributed by atoms with van der Waals surface area (Å²) in [4.78, 5) is 11.1. The van der Waals surface area contributed by atoms with Gasteiger partial charge in [0.2, 0.25) is 0 Å². The lowest BCUT2D eigenvalue weighted by atomic mass is 10.0. The van der Waals surface area contributed by atoms with E-state index in [9.17, 15) is 0 Å². The van der Waals surface area contributed by atoms with Gasteiger partial charge in [-0.15, -0.1) is 0 Å². The molecule has 132 valence electrons. The third kappa shape index (κ3) is 3.33. The molecule has 1 N–H and O–H groups in total. The van der Waals surface area contributed by atoms with Crippen LogP contribution in [0.1, 0.15) is 17.5 Å². The number of fused-ring (bicyclic) bond motifs is 1. The molecule has 0 fully saturated rings. The minimum atomic E-state index is 0.650. The first-order chi connectivity index (χ1) is 12.8. The van der Waals surface area contributed by atoms with Crippen molar-refractivity contribution in [2.45, 2.75) is 19.4 Å². The summed E-state index contributed by atoms with van der Waals surface area (Å²) in [7, 11) is 1.69. The molecule has 0 aliphatic carbocycles. The number of ether oxygens (including phenoxy) is 1. The van der Waals surface area contributed by atoms with Gasteiger partial charge >= 0.3 is 0 Å². The fourth-order valence-corrected chi connectivity index (χ4v) is 3.40. The number of anilines is 3. The first-order valence-electron chi connectivity index (χ1n) is 8.88. The second-order valence-corrected chi connectivity index (χ2v) is 6.31. The largest absolute Gasteiger partial charge is 0.496 e. The van der Waals surface area contributed by atoms with Gasteiger partial charge in [0, 0.05) is 30.4 Å². The van der Waals surface area contributed by atoms with Crippen molar-refractivity contribution < 1.29 is 4.74 Å². The first-order valence-corrected chi connectivity index (χ1v) is 8.88. The Morgan fingerprint density at radius 2 is 1.92 bits per heavy atom. The van der Waals surface area contributed by atoms with Crippen LogP contribution in [0.25, 0.3) is 0 Å². The highest BCUT2D eigenvalue weighted by Gasteiger charge is 2.19. The standard InChI is InChI=1S/C21H22N4O/c1-26-19-11-5-3-8-17(19)14-22-20-13-21(24-15-23-20)25-12-6-9-16-7-2-4-10-18(16)25/h2-5,7-8,10-11,13,15H,6,9,12,14H2,1H3,(H,22,23,24). The van der Waals surface area contributed by atoms with Crippen LogP contribution in [0.2, 0.25) is 0 Å². The van der Waals surface area contributed by atoms with Crippen molar-refractivity contribution >= 4 is 17.3 Å². The van der Waals surface area contributed by atoms with Gasteiger partial charge in [-0.1, -0.05) is 36.4 Å². The molecule has 0 saturated heterocycles. The fraction of sp³-hybridized carbons (Fsp3) is 0.238. The number of nitrogens with zero attached hydrogens (tertiary/aromatic N) is 3. The van der Waals surface area contributed by atoms with E-state index in [-0.39, 0.29) is 0 Å². The molecular weight excluding hydrogens is 324 g/mol. The van der Waals surface area contributed by atoms with Crippen LogP contribution >= 0.6 is 0 Å². The van der Waals surface area contributed by atoms with Crippen molar-refractivity contribution in [3.05, 3.63) is 72.1 Å². The predicted octanol–water partition coefficient (Wildman–Crippen LogP) is 4.18. The first kappa shape index (κ1) is 16.4. The third-order valence-corrected chi connectivity index (χ3v) is 4.69. The minimum absolute atomic E-state index is 0.650. The lowest BCUT2D eigenvalue weighted by Crippen LogP contribution is -2.25. The summed E-state index contributed by atoms with van der Waals surface area (Å²) < 4.78 is 5.41. The molecule has 3 aromatic rings. The van der Waals surface area contributed by atoms with E-state index in [1.807, 2.05) is 24.3 Å². The minimum Gasteiger partial charge on any atom is -0.496 e. The van der Waals surface area contributed by atoms with Gasteiger partial charge in [-0.2, -0.15) is 0 Å². The number of aromatic nitrogens is 2. The number of para-hydroxylation sites is 2. The summed E-state index contributed by atoms with van der Waals surface area (Å²) in [6.07, 6.45) is 3.87. The van der Waals surface area contributed by atoms with Gasteiger partial charge in [-0.25, -0.2) is 9.97 Å². The normalized spacial score (nSPS) is 13.2. The van der Waals surface area contributed by atoms with E-state index in [1.165, 1.54) is 11.3 Å². The maximum atomic E-state index is 5.41. The van der Waals surface area contributed by atoms with Crippen LogP contribution in [0.15, 0.2) is 60.9 Å². The number of nitrogens with one attached hydrogen (secondary N) is 1. The van der Waals surface area contributed by atoms with Crippen molar-refractivity contribution in [2.24, 2.45) is 0 Å². The summed E-state index contributed by atoms with van der Waals surface area (Å²) in [5.41, 5.74) is 3.72. The molecule has 0 saturated carbocycles.